The van der Waals surface area contributed by atoms with Gasteiger partial charge in [-0.1, -0.05) is 54.9 Å². The number of hydrogen-bond acceptors (Lipinski definition) is 9. The van der Waals surface area contributed by atoms with E-state index in [2.05, 4.69) is 65.4 Å². The summed E-state index contributed by atoms with van der Waals surface area (Å²) in [4.78, 5) is 30.5. The summed E-state index contributed by atoms with van der Waals surface area (Å²) in [7, 11) is 0. The number of allylic oxidation sites excluding steroid dienone is 2. The largest absolute Gasteiger partial charge is 0.481 e. The number of hydrogen-bond donors (Lipinski definition) is 3. The quantitative estimate of drug-likeness (QED) is 0.160. The van der Waals surface area contributed by atoms with Crippen LogP contribution in [0.4, 0.5) is 5.82 Å². The maximum absolute atomic E-state index is 11.3. The predicted molar refractivity (Wildman–Crippen MR) is 194 cm³/mol. The number of nitrogens with zero attached hydrogens (tertiary/aromatic N) is 5. The van der Waals surface area contributed by atoms with Crippen LogP contribution >= 0.6 is 11.6 Å². The van der Waals surface area contributed by atoms with Crippen molar-refractivity contribution in [2.45, 2.75) is 45.0 Å². The number of carboxylic acids is 1. The lowest BCUT2D eigenvalue weighted by Crippen LogP contribution is -2.49. The van der Waals surface area contributed by atoms with Crippen molar-refractivity contribution in [3.63, 3.8) is 0 Å². The van der Waals surface area contributed by atoms with Crippen LogP contribution in [0.25, 0.3) is 27.6 Å². The number of likely N-dealkylation sites (tertiary alicyclic amines) is 2. The van der Waals surface area contributed by atoms with Crippen molar-refractivity contribution >= 4 is 51.0 Å². The number of aromatic nitrogens is 3. The molecule has 0 saturated carbocycles. The molecule has 11 heteroatoms. The first-order valence-electron chi connectivity index (χ1n) is 17.1. The molecule has 10 nitrogen and oxygen atoms in total. The molecule has 2 aliphatic heterocycles. The Bertz CT molecular complexity index is 2180. The summed E-state index contributed by atoms with van der Waals surface area (Å²) >= 11 is 6.85. The standard InChI is InChI=1S/C39H39ClN6O4/c1-23-6-3-4-7-30(23)31-8-5-11-39(24(31)2,38-43-33-16-25(15-32(40)35(33)50-38)18-46-20-28(21-46)37(48)49)44-36-34-27(9-12-41-36)14-26(17-42-34)19-45-13-10-29(47)22-45/h3-9,11-12,14-17,24,28-29,47H,10,13,18-22H2,1-2H3,(H,41,44)(H,48,49)/t24-,29?,39?/m1/s1. The van der Waals surface area contributed by atoms with Gasteiger partial charge in [0.15, 0.2) is 11.4 Å². The SMILES string of the molecule is Cc1ccccc1C1=CC=CC(Nc2nccc3cc(CN4CCC(O)C4)cnc23)(c2nc3cc(CN4CC(C(=O)O)C4)cc(Cl)c3o2)[C@@H]1C. The molecule has 0 bridgehead atoms. The van der Waals surface area contributed by atoms with E-state index in [9.17, 15) is 15.0 Å². The van der Waals surface area contributed by atoms with Crippen molar-refractivity contribution < 1.29 is 19.4 Å². The molecule has 5 aromatic rings. The number of pyridine rings is 2. The van der Waals surface area contributed by atoms with Crippen molar-refractivity contribution in [2.24, 2.45) is 11.8 Å². The highest BCUT2D eigenvalue weighted by Gasteiger charge is 2.45. The fraction of sp³-hybridized carbons (Fsp3) is 0.333. The lowest BCUT2D eigenvalue weighted by molar-refractivity contribution is -0.147. The van der Waals surface area contributed by atoms with Gasteiger partial charge in [-0.3, -0.25) is 19.6 Å². The topological polar surface area (TPSA) is 128 Å². The zero-order valence-electron chi connectivity index (χ0n) is 28.0. The summed E-state index contributed by atoms with van der Waals surface area (Å²) in [6.45, 7) is 8.14. The molecule has 0 spiro atoms. The van der Waals surface area contributed by atoms with Gasteiger partial charge in [-0.2, -0.15) is 0 Å². The van der Waals surface area contributed by atoms with Gasteiger partial charge in [-0.15, -0.1) is 0 Å². The van der Waals surface area contributed by atoms with E-state index in [1.165, 1.54) is 5.56 Å². The number of aryl methyl sites for hydroxylation is 1. The Kier molecular flexibility index (Phi) is 8.43. The van der Waals surface area contributed by atoms with Crippen LogP contribution in [-0.4, -0.2) is 73.2 Å². The van der Waals surface area contributed by atoms with E-state index in [4.69, 9.17) is 31.0 Å². The van der Waals surface area contributed by atoms with E-state index in [-0.39, 0.29) is 17.9 Å². The fourth-order valence-corrected chi connectivity index (χ4v) is 7.91. The van der Waals surface area contributed by atoms with Gasteiger partial charge in [-0.05, 0) is 71.5 Å². The molecule has 5 heterocycles. The molecule has 0 radical (unpaired) electrons. The lowest BCUT2D eigenvalue weighted by Gasteiger charge is -2.39. The highest BCUT2D eigenvalue weighted by Crippen LogP contribution is 2.46. The van der Waals surface area contributed by atoms with E-state index >= 15 is 0 Å². The number of β-amino-alcohol motifs (C(OH)–C–C–N with tert-alkyl or cyclic N) is 1. The second kappa shape index (κ2) is 12.9. The van der Waals surface area contributed by atoms with Gasteiger partial charge in [0.25, 0.3) is 0 Å². The number of anilines is 1. The first kappa shape index (κ1) is 32.6. The van der Waals surface area contributed by atoms with Gasteiger partial charge in [-0.25, -0.2) is 9.97 Å². The Hall–Kier alpha value is -4.61. The number of aliphatic hydroxyl groups is 1. The Morgan fingerprint density at radius 1 is 1.08 bits per heavy atom. The van der Waals surface area contributed by atoms with E-state index < -0.39 is 11.5 Å². The smallest absolute Gasteiger partial charge is 0.309 e. The number of halogens is 1. The number of nitrogens with one attached hydrogen (secondary N) is 1. The highest BCUT2D eigenvalue weighted by atomic mass is 35.5. The molecule has 2 unspecified atom stereocenters. The molecule has 2 saturated heterocycles. The first-order valence-corrected chi connectivity index (χ1v) is 17.5. The van der Waals surface area contributed by atoms with Crippen molar-refractivity contribution in [1.29, 1.82) is 0 Å². The highest BCUT2D eigenvalue weighted by molar-refractivity contribution is 6.34. The molecule has 256 valence electrons. The monoisotopic (exact) mass is 690 g/mol. The van der Waals surface area contributed by atoms with Crippen LogP contribution in [-0.2, 0) is 23.4 Å². The van der Waals surface area contributed by atoms with E-state index in [1.807, 2.05) is 36.5 Å². The molecule has 3 N–H and O–H groups in total. The van der Waals surface area contributed by atoms with Crippen LogP contribution in [0.3, 0.4) is 0 Å². The average molecular weight is 691 g/mol. The van der Waals surface area contributed by atoms with Crippen LogP contribution in [0.15, 0.2) is 83.6 Å². The molecule has 2 aromatic carbocycles. The summed E-state index contributed by atoms with van der Waals surface area (Å²) in [6.07, 6.45) is 10.5. The number of benzene rings is 2. The Labute approximate surface area is 295 Å². The number of fused-ring (bicyclic) bond motifs is 2. The first-order chi connectivity index (χ1) is 24.2. The van der Waals surface area contributed by atoms with Gasteiger partial charge >= 0.3 is 5.97 Å². The Morgan fingerprint density at radius 2 is 1.90 bits per heavy atom. The number of carboxylic acid groups (broad SMARTS) is 1. The van der Waals surface area contributed by atoms with Gasteiger partial charge in [0, 0.05) is 63.0 Å². The second-order valence-corrected chi connectivity index (χ2v) is 14.3. The van der Waals surface area contributed by atoms with Crippen LogP contribution in [0.5, 0.6) is 0 Å². The van der Waals surface area contributed by atoms with Crippen LogP contribution in [0.1, 0.15) is 41.5 Å². The minimum Gasteiger partial charge on any atom is -0.481 e. The molecule has 2 fully saturated rings. The predicted octanol–water partition coefficient (Wildman–Crippen LogP) is 6.41. The molecule has 50 heavy (non-hydrogen) atoms. The molecule has 8 rings (SSSR count). The molecule has 0 amide bonds. The van der Waals surface area contributed by atoms with Crippen molar-refractivity contribution in [3.8, 4) is 0 Å². The van der Waals surface area contributed by atoms with E-state index in [0.29, 0.717) is 54.0 Å². The zero-order chi connectivity index (χ0) is 34.6. The van der Waals surface area contributed by atoms with Crippen LogP contribution < -0.4 is 5.32 Å². The third-order valence-corrected chi connectivity index (χ3v) is 10.7. The van der Waals surface area contributed by atoms with E-state index in [0.717, 1.165) is 52.7 Å². The van der Waals surface area contributed by atoms with Crippen molar-refractivity contribution in [1.82, 2.24) is 24.8 Å². The summed E-state index contributed by atoms with van der Waals surface area (Å²) in [5.41, 5.74) is 6.35. The normalized spacial score (nSPS) is 23.0. The molecular weight excluding hydrogens is 652 g/mol. The Balaban J connectivity index is 1.18. The van der Waals surface area contributed by atoms with Gasteiger partial charge in [0.05, 0.1) is 17.0 Å². The summed E-state index contributed by atoms with van der Waals surface area (Å²) in [6, 6.07) is 16.3. The van der Waals surface area contributed by atoms with Crippen molar-refractivity contribution in [3.05, 3.63) is 112 Å². The minimum atomic E-state index is -0.964. The number of oxazole rings is 1. The third kappa shape index (κ3) is 5.96. The number of rotatable bonds is 9. The maximum Gasteiger partial charge on any atom is 0.309 e. The number of carbonyl (C=O) groups is 1. The number of aliphatic hydroxyl groups excluding tert-OH is 1. The minimum absolute atomic E-state index is 0.160. The summed E-state index contributed by atoms with van der Waals surface area (Å²) in [5, 5.41) is 24.5. The second-order valence-electron chi connectivity index (χ2n) is 13.9. The average Bonchev–Trinajstić information content (AvgIpc) is 3.70. The third-order valence-electron chi connectivity index (χ3n) is 10.4. The summed E-state index contributed by atoms with van der Waals surface area (Å²) < 4.78 is 6.61. The van der Waals surface area contributed by atoms with Crippen LogP contribution in [0, 0.1) is 18.8 Å². The van der Waals surface area contributed by atoms with Crippen molar-refractivity contribution in [2.75, 3.05) is 31.5 Å². The molecule has 1 aliphatic carbocycles. The molecule has 3 aliphatic rings. The molecule has 3 aromatic heterocycles. The Morgan fingerprint density at radius 3 is 2.68 bits per heavy atom. The van der Waals surface area contributed by atoms with E-state index in [1.54, 1.807) is 6.20 Å². The maximum atomic E-state index is 11.3. The zero-order valence-corrected chi connectivity index (χ0v) is 28.8. The molecular formula is C39H39ClN6O4. The summed E-state index contributed by atoms with van der Waals surface area (Å²) in [5.74, 6) is -0.203. The number of aliphatic carboxylic acids is 1. The van der Waals surface area contributed by atoms with Gasteiger partial charge in [0.2, 0.25) is 5.89 Å². The van der Waals surface area contributed by atoms with Gasteiger partial charge < -0.3 is 19.9 Å². The fourth-order valence-electron chi connectivity index (χ4n) is 7.64. The lowest BCUT2D eigenvalue weighted by atomic mass is 9.73. The van der Waals surface area contributed by atoms with Gasteiger partial charge in [0.1, 0.15) is 16.6 Å². The molecule has 3 atom stereocenters. The van der Waals surface area contributed by atoms with Crippen LogP contribution in [0.2, 0.25) is 5.02 Å².